The molecule has 0 N–H and O–H groups in total. The van der Waals surface area contributed by atoms with E-state index in [2.05, 4.69) is 0 Å². The van der Waals surface area contributed by atoms with E-state index in [1.165, 1.54) is 13.2 Å². The van der Waals surface area contributed by atoms with Crippen LogP contribution in [0.25, 0.3) is 0 Å². The summed E-state index contributed by atoms with van der Waals surface area (Å²) in [6, 6.07) is 13.8. The molecule has 2 rings (SSSR count). The van der Waals surface area contributed by atoms with E-state index >= 15 is 0 Å². The van der Waals surface area contributed by atoms with Crippen LogP contribution in [-0.4, -0.2) is 14.2 Å². The van der Waals surface area contributed by atoms with Gasteiger partial charge < -0.3 is 14.2 Å². The predicted molar refractivity (Wildman–Crippen MR) is 75.5 cm³/mol. The zero-order chi connectivity index (χ0) is 15.2. The molecule has 5 heteroatoms. The number of methoxy groups -OCH3 is 2. The number of hydrogen-bond acceptors (Lipinski definition) is 5. The van der Waals surface area contributed by atoms with E-state index in [1.807, 2.05) is 12.1 Å². The Balaban J connectivity index is 2.38. The fourth-order valence-corrected chi connectivity index (χ4v) is 1.77. The molecule has 21 heavy (non-hydrogen) atoms. The molecule has 0 aliphatic rings. The molecule has 0 fully saturated rings. The minimum Gasteiger partial charge on any atom is -0.497 e. The standard InChI is InChI=1S/C16H12N2O3/c1-19-13-5-6-15(20-2)16(8-13)21-14-4-3-11(9-17)12(7-14)10-18/h3-8H,1-2H3. The minimum atomic E-state index is 0.261. The molecule has 0 aromatic heterocycles. The first-order valence-electron chi connectivity index (χ1n) is 6.06. The molecular weight excluding hydrogens is 268 g/mol. The average molecular weight is 280 g/mol. The topological polar surface area (TPSA) is 75.3 Å². The normalized spacial score (nSPS) is 9.33. The predicted octanol–water partition coefficient (Wildman–Crippen LogP) is 3.24. The van der Waals surface area contributed by atoms with Crippen LogP contribution >= 0.6 is 0 Å². The van der Waals surface area contributed by atoms with Crippen LogP contribution in [0, 0.1) is 22.7 Å². The van der Waals surface area contributed by atoms with Crippen molar-refractivity contribution in [2.75, 3.05) is 14.2 Å². The Kier molecular flexibility index (Phi) is 4.28. The number of hydrogen-bond donors (Lipinski definition) is 0. The first-order chi connectivity index (χ1) is 10.2. The van der Waals surface area contributed by atoms with Gasteiger partial charge in [0.05, 0.1) is 25.3 Å². The molecule has 104 valence electrons. The third-order valence-electron chi connectivity index (χ3n) is 2.83. The van der Waals surface area contributed by atoms with Gasteiger partial charge in [-0.1, -0.05) is 0 Å². The Morgan fingerprint density at radius 1 is 0.762 bits per heavy atom. The first kappa shape index (κ1) is 14.2. The summed E-state index contributed by atoms with van der Waals surface area (Å²) in [4.78, 5) is 0. The summed E-state index contributed by atoms with van der Waals surface area (Å²) < 4.78 is 16.1. The van der Waals surface area contributed by atoms with Crippen LogP contribution in [0.5, 0.6) is 23.0 Å². The quantitative estimate of drug-likeness (QED) is 0.859. The highest BCUT2D eigenvalue weighted by molar-refractivity contribution is 5.52. The van der Waals surface area contributed by atoms with Gasteiger partial charge in [0.2, 0.25) is 0 Å². The van der Waals surface area contributed by atoms with Gasteiger partial charge in [-0.25, -0.2) is 0 Å². The molecule has 0 amide bonds. The smallest absolute Gasteiger partial charge is 0.172 e. The van der Waals surface area contributed by atoms with Crippen molar-refractivity contribution < 1.29 is 14.2 Å². The van der Waals surface area contributed by atoms with E-state index < -0.39 is 0 Å². The summed E-state index contributed by atoms with van der Waals surface area (Å²) >= 11 is 0. The van der Waals surface area contributed by atoms with E-state index in [1.54, 1.807) is 37.4 Å². The van der Waals surface area contributed by atoms with Crippen LogP contribution in [0.2, 0.25) is 0 Å². The highest BCUT2D eigenvalue weighted by atomic mass is 16.5. The highest BCUT2D eigenvalue weighted by Gasteiger charge is 2.09. The maximum Gasteiger partial charge on any atom is 0.172 e. The number of rotatable bonds is 4. The second-order valence-corrected chi connectivity index (χ2v) is 4.05. The summed E-state index contributed by atoms with van der Waals surface area (Å²) in [7, 11) is 3.09. The van der Waals surface area contributed by atoms with Crippen molar-refractivity contribution in [2.24, 2.45) is 0 Å². The largest absolute Gasteiger partial charge is 0.497 e. The lowest BCUT2D eigenvalue weighted by molar-refractivity contribution is 0.371. The Morgan fingerprint density at radius 3 is 2.10 bits per heavy atom. The van der Waals surface area contributed by atoms with Crippen molar-refractivity contribution in [1.82, 2.24) is 0 Å². The Morgan fingerprint density at radius 2 is 1.48 bits per heavy atom. The van der Waals surface area contributed by atoms with Crippen molar-refractivity contribution in [3.63, 3.8) is 0 Å². The minimum absolute atomic E-state index is 0.261. The van der Waals surface area contributed by atoms with Gasteiger partial charge in [-0.05, 0) is 30.3 Å². The second kappa shape index (κ2) is 6.31. The van der Waals surface area contributed by atoms with Crippen molar-refractivity contribution in [1.29, 1.82) is 10.5 Å². The highest BCUT2D eigenvalue weighted by Crippen LogP contribution is 2.35. The molecule has 5 nitrogen and oxygen atoms in total. The molecule has 0 bridgehead atoms. The lowest BCUT2D eigenvalue weighted by Crippen LogP contribution is -1.93. The van der Waals surface area contributed by atoms with Crippen molar-refractivity contribution >= 4 is 0 Å². The Bertz CT molecular complexity index is 742. The van der Waals surface area contributed by atoms with E-state index in [0.29, 0.717) is 28.6 Å². The lowest BCUT2D eigenvalue weighted by Gasteiger charge is -2.12. The number of benzene rings is 2. The molecule has 0 aliphatic heterocycles. The average Bonchev–Trinajstić information content (AvgIpc) is 2.54. The van der Waals surface area contributed by atoms with Gasteiger partial charge in [0, 0.05) is 6.07 Å². The van der Waals surface area contributed by atoms with Gasteiger partial charge in [-0.2, -0.15) is 10.5 Å². The molecule has 0 saturated heterocycles. The van der Waals surface area contributed by atoms with Gasteiger partial charge in [-0.3, -0.25) is 0 Å². The fraction of sp³-hybridized carbons (Fsp3) is 0.125. The van der Waals surface area contributed by atoms with Crippen LogP contribution in [0.15, 0.2) is 36.4 Å². The van der Waals surface area contributed by atoms with E-state index in [0.717, 1.165) is 0 Å². The van der Waals surface area contributed by atoms with E-state index in [-0.39, 0.29) is 5.56 Å². The van der Waals surface area contributed by atoms with Crippen LogP contribution in [0.4, 0.5) is 0 Å². The van der Waals surface area contributed by atoms with E-state index in [9.17, 15) is 0 Å². The molecule has 0 atom stereocenters. The maximum atomic E-state index is 9.02. The molecule has 0 radical (unpaired) electrons. The van der Waals surface area contributed by atoms with Gasteiger partial charge in [0.25, 0.3) is 0 Å². The summed E-state index contributed by atoms with van der Waals surface area (Å²) in [5, 5.41) is 17.9. The zero-order valence-corrected chi connectivity index (χ0v) is 11.6. The van der Waals surface area contributed by atoms with Crippen molar-refractivity contribution in [2.45, 2.75) is 0 Å². The second-order valence-electron chi connectivity index (χ2n) is 4.05. The Labute approximate surface area is 122 Å². The van der Waals surface area contributed by atoms with Gasteiger partial charge in [0.15, 0.2) is 11.5 Å². The van der Waals surface area contributed by atoms with Gasteiger partial charge in [0.1, 0.15) is 23.6 Å². The lowest BCUT2D eigenvalue weighted by atomic mass is 10.1. The molecule has 2 aromatic carbocycles. The molecule has 0 spiro atoms. The third-order valence-corrected chi connectivity index (χ3v) is 2.83. The summed E-state index contributed by atoms with van der Waals surface area (Å²) in [6.07, 6.45) is 0. The molecule has 0 heterocycles. The maximum absolute atomic E-state index is 9.02. The first-order valence-corrected chi connectivity index (χ1v) is 6.06. The van der Waals surface area contributed by atoms with Crippen molar-refractivity contribution in [3.05, 3.63) is 47.5 Å². The fourth-order valence-electron chi connectivity index (χ4n) is 1.77. The zero-order valence-electron chi connectivity index (χ0n) is 11.6. The molecular formula is C16H12N2O3. The summed E-state index contributed by atoms with van der Waals surface area (Å²) in [5.74, 6) is 2.07. The number of nitrogens with zero attached hydrogens (tertiary/aromatic N) is 2. The molecule has 0 aliphatic carbocycles. The monoisotopic (exact) mass is 280 g/mol. The van der Waals surface area contributed by atoms with Crippen LogP contribution in [0.3, 0.4) is 0 Å². The van der Waals surface area contributed by atoms with E-state index in [4.69, 9.17) is 24.7 Å². The molecule has 0 unspecified atom stereocenters. The van der Waals surface area contributed by atoms with Crippen LogP contribution in [-0.2, 0) is 0 Å². The SMILES string of the molecule is COc1ccc(OC)c(Oc2ccc(C#N)c(C#N)c2)c1. The molecule has 0 saturated carbocycles. The number of nitriles is 2. The Hall–Kier alpha value is -3.18. The summed E-state index contributed by atoms with van der Waals surface area (Å²) in [6.45, 7) is 0. The third kappa shape index (κ3) is 3.05. The summed E-state index contributed by atoms with van der Waals surface area (Å²) in [5.41, 5.74) is 0.569. The van der Waals surface area contributed by atoms with Gasteiger partial charge >= 0.3 is 0 Å². The number of ether oxygens (including phenoxy) is 3. The van der Waals surface area contributed by atoms with Crippen LogP contribution < -0.4 is 14.2 Å². The van der Waals surface area contributed by atoms with Crippen LogP contribution in [0.1, 0.15) is 11.1 Å². The van der Waals surface area contributed by atoms with Crippen molar-refractivity contribution in [3.8, 4) is 35.1 Å². The van der Waals surface area contributed by atoms with Gasteiger partial charge in [-0.15, -0.1) is 0 Å². The molecule has 2 aromatic rings.